The number of guanidine groups is 1. The molecule has 2 N–H and O–H groups in total. The molecule has 1 aliphatic heterocycles. The quantitative estimate of drug-likeness (QED) is 0.604. The molecule has 1 heterocycles. The minimum Gasteiger partial charge on any atom is -0.355 e. The Morgan fingerprint density at radius 2 is 1.76 bits per heavy atom. The third kappa shape index (κ3) is 4.28. The first-order valence-corrected chi connectivity index (χ1v) is 9.24. The van der Waals surface area contributed by atoms with Crippen LogP contribution in [0.4, 0.5) is 0 Å². The fourth-order valence-corrected chi connectivity index (χ4v) is 4.78. The summed E-state index contributed by atoms with van der Waals surface area (Å²) in [6.07, 6.45) is 7.93. The predicted molar refractivity (Wildman–Crippen MR) is 94.3 cm³/mol. The number of aliphatic imine (C=N–C) groups is 1. The van der Waals surface area contributed by atoms with Gasteiger partial charge >= 0.3 is 0 Å². The molecular formula is C16H32N4S. The molecule has 0 aromatic heterocycles. The average molecular weight is 313 g/mol. The van der Waals surface area contributed by atoms with Gasteiger partial charge in [0.15, 0.2) is 5.96 Å². The smallest absolute Gasteiger partial charge is 0.191 e. The summed E-state index contributed by atoms with van der Waals surface area (Å²) in [6, 6.07) is 0. The number of hydrogen-bond donors (Lipinski definition) is 2. The normalized spacial score (nSPS) is 29.1. The Morgan fingerprint density at radius 1 is 1.10 bits per heavy atom. The van der Waals surface area contributed by atoms with Crippen LogP contribution in [0, 0.1) is 0 Å². The van der Waals surface area contributed by atoms with Crippen molar-refractivity contribution >= 4 is 17.7 Å². The van der Waals surface area contributed by atoms with E-state index in [1.807, 2.05) is 7.05 Å². The van der Waals surface area contributed by atoms with Crippen molar-refractivity contribution in [1.82, 2.24) is 15.5 Å². The second-order valence-electron chi connectivity index (χ2n) is 7.01. The van der Waals surface area contributed by atoms with Gasteiger partial charge in [0, 0.05) is 30.4 Å². The van der Waals surface area contributed by atoms with Gasteiger partial charge in [-0.3, -0.25) is 4.99 Å². The standard InChI is InChI=1S/C16H32N4S/c1-15(8-7-11-21-15)12-18-14(17-2)19-13-16(20(3)4)9-5-6-10-16/h5-13H2,1-4H3,(H2,17,18,19). The second kappa shape index (κ2) is 7.23. The third-order valence-corrected chi connectivity index (χ3v) is 6.76. The fraction of sp³-hybridized carbons (Fsp3) is 0.938. The molecular weight excluding hydrogens is 280 g/mol. The Labute approximate surface area is 134 Å². The van der Waals surface area contributed by atoms with Gasteiger partial charge in [-0.2, -0.15) is 11.8 Å². The van der Waals surface area contributed by atoms with Gasteiger partial charge in [-0.05, 0) is 52.5 Å². The fourth-order valence-electron chi connectivity index (χ4n) is 3.53. The zero-order chi connectivity index (χ0) is 15.3. The highest BCUT2D eigenvalue weighted by molar-refractivity contribution is 8.00. The van der Waals surface area contributed by atoms with E-state index >= 15 is 0 Å². The average Bonchev–Trinajstić information content (AvgIpc) is 3.09. The number of nitrogens with one attached hydrogen (secondary N) is 2. The van der Waals surface area contributed by atoms with Gasteiger partial charge in [0.05, 0.1) is 0 Å². The molecule has 1 aliphatic carbocycles. The molecule has 1 saturated carbocycles. The van der Waals surface area contributed by atoms with E-state index in [2.05, 4.69) is 53.3 Å². The van der Waals surface area contributed by atoms with Crippen LogP contribution in [-0.2, 0) is 0 Å². The maximum Gasteiger partial charge on any atom is 0.191 e. The minimum absolute atomic E-state index is 0.309. The van der Waals surface area contributed by atoms with Gasteiger partial charge in [-0.25, -0.2) is 0 Å². The maximum atomic E-state index is 4.40. The summed E-state index contributed by atoms with van der Waals surface area (Å²) in [5.74, 6) is 2.25. The Morgan fingerprint density at radius 3 is 2.29 bits per heavy atom. The lowest BCUT2D eigenvalue weighted by molar-refractivity contribution is 0.160. The number of hydrogen-bond acceptors (Lipinski definition) is 3. The summed E-state index contributed by atoms with van der Waals surface area (Å²) in [6.45, 7) is 4.36. The second-order valence-corrected chi connectivity index (χ2v) is 8.69. The van der Waals surface area contributed by atoms with Crippen LogP contribution in [0.1, 0.15) is 45.4 Å². The molecule has 0 radical (unpaired) electrons. The number of thioether (sulfide) groups is 1. The van der Waals surface area contributed by atoms with Crippen LogP contribution in [0.2, 0.25) is 0 Å². The lowest BCUT2D eigenvalue weighted by Gasteiger charge is -2.37. The van der Waals surface area contributed by atoms with E-state index in [1.165, 1.54) is 44.3 Å². The molecule has 21 heavy (non-hydrogen) atoms. The van der Waals surface area contributed by atoms with Crippen molar-refractivity contribution in [2.45, 2.75) is 55.7 Å². The molecule has 1 atom stereocenters. The number of likely N-dealkylation sites (N-methyl/N-ethyl adjacent to an activating group) is 1. The topological polar surface area (TPSA) is 39.7 Å². The zero-order valence-corrected chi connectivity index (χ0v) is 15.0. The van der Waals surface area contributed by atoms with E-state index < -0.39 is 0 Å². The molecule has 0 aromatic carbocycles. The van der Waals surface area contributed by atoms with Crippen molar-refractivity contribution in [3.63, 3.8) is 0 Å². The molecule has 0 aromatic rings. The number of nitrogens with zero attached hydrogens (tertiary/aromatic N) is 2. The lowest BCUT2D eigenvalue weighted by Crippen LogP contribution is -2.53. The van der Waals surface area contributed by atoms with Crippen molar-refractivity contribution in [3.8, 4) is 0 Å². The highest BCUT2D eigenvalue weighted by Crippen LogP contribution is 2.37. The highest BCUT2D eigenvalue weighted by atomic mass is 32.2. The summed E-state index contributed by atoms with van der Waals surface area (Å²) in [5.41, 5.74) is 0.309. The predicted octanol–water partition coefficient (Wildman–Crippen LogP) is 2.31. The van der Waals surface area contributed by atoms with Gasteiger partial charge < -0.3 is 15.5 Å². The molecule has 0 bridgehead atoms. The van der Waals surface area contributed by atoms with E-state index in [4.69, 9.17) is 0 Å². The highest BCUT2D eigenvalue weighted by Gasteiger charge is 2.36. The van der Waals surface area contributed by atoms with Gasteiger partial charge in [0.25, 0.3) is 0 Å². The Balaban J connectivity index is 1.82. The Hall–Kier alpha value is -0.420. The molecule has 2 aliphatic rings. The molecule has 1 saturated heterocycles. The summed E-state index contributed by atoms with van der Waals surface area (Å²) in [7, 11) is 6.29. The summed E-state index contributed by atoms with van der Waals surface area (Å²) in [4.78, 5) is 6.80. The lowest BCUT2D eigenvalue weighted by atomic mass is 9.96. The Bertz CT molecular complexity index is 355. The van der Waals surface area contributed by atoms with Crippen molar-refractivity contribution in [1.29, 1.82) is 0 Å². The zero-order valence-electron chi connectivity index (χ0n) is 14.2. The van der Waals surface area contributed by atoms with Crippen molar-refractivity contribution in [2.75, 3.05) is 40.0 Å². The van der Waals surface area contributed by atoms with Crippen LogP contribution >= 0.6 is 11.8 Å². The first-order valence-electron chi connectivity index (χ1n) is 8.26. The minimum atomic E-state index is 0.309. The summed E-state index contributed by atoms with van der Waals surface area (Å²) in [5, 5.41) is 7.09. The van der Waals surface area contributed by atoms with Gasteiger partial charge in [-0.1, -0.05) is 12.8 Å². The molecule has 2 rings (SSSR count). The molecule has 1 unspecified atom stereocenters. The van der Waals surface area contributed by atoms with E-state index in [9.17, 15) is 0 Å². The van der Waals surface area contributed by atoms with E-state index in [0.717, 1.165) is 19.0 Å². The molecule has 0 spiro atoms. The molecule has 0 amide bonds. The SMILES string of the molecule is CN=C(NCC1(C)CCCS1)NCC1(N(C)C)CCCC1. The van der Waals surface area contributed by atoms with Crippen molar-refractivity contribution < 1.29 is 0 Å². The number of rotatable bonds is 5. The van der Waals surface area contributed by atoms with Gasteiger partial charge in [-0.15, -0.1) is 0 Å². The summed E-state index contributed by atoms with van der Waals surface area (Å²) >= 11 is 2.09. The van der Waals surface area contributed by atoms with Crippen LogP contribution in [0.3, 0.4) is 0 Å². The molecule has 4 nitrogen and oxygen atoms in total. The van der Waals surface area contributed by atoms with Crippen molar-refractivity contribution in [2.24, 2.45) is 4.99 Å². The van der Waals surface area contributed by atoms with Crippen LogP contribution in [0.25, 0.3) is 0 Å². The van der Waals surface area contributed by atoms with Crippen LogP contribution in [-0.4, -0.2) is 61.1 Å². The molecule has 122 valence electrons. The van der Waals surface area contributed by atoms with E-state index in [-0.39, 0.29) is 0 Å². The van der Waals surface area contributed by atoms with E-state index in [1.54, 1.807) is 0 Å². The van der Waals surface area contributed by atoms with Crippen molar-refractivity contribution in [3.05, 3.63) is 0 Å². The largest absolute Gasteiger partial charge is 0.355 e. The third-order valence-electron chi connectivity index (χ3n) is 5.22. The monoisotopic (exact) mass is 312 g/mol. The van der Waals surface area contributed by atoms with E-state index in [0.29, 0.717) is 10.3 Å². The Kier molecular flexibility index (Phi) is 5.83. The first kappa shape index (κ1) is 16.9. The molecule has 5 heteroatoms. The van der Waals surface area contributed by atoms with Crippen LogP contribution in [0.5, 0.6) is 0 Å². The van der Waals surface area contributed by atoms with Gasteiger partial charge in [0.1, 0.15) is 0 Å². The van der Waals surface area contributed by atoms with Gasteiger partial charge in [0.2, 0.25) is 0 Å². The van der Waals surface area contributed by atoms with Crippen LogP contribution in [0.15, 0.2) is 4.99 Å². The molecule has 2 fully saturated rings. The first-order chi connectivity index (χ1) is 10.00. The maximum absolute atomic E-state index is 4.40. The summed E-state index contributed by atoms with van der Waals surface area (Å²) < 4.78 is 0.379. The van der Waals surface area contributed by atoms with Crippen LogP contribution < -0.4 is 10.6 Å².